The van der Waals surface area contributed by atoms with E-state index in [0.717, 1.165) is 11.4 Å². The average Bonchev–Trinajstić information content (AvgIpc) is 2.85. The van der Waals surface area contributed by atoms with Crippen molar-refractivity contribution in [3.63, 3.8) is 0 Å². The number of anilines is 1. The molecular formula is C11H16N4. The minimum atomic E-state index is -0.191. The molecule has 2 heterocycles. The number of aliphatic imine (C=N–C) groups is 1. The number of nitrogens with zero attached hydrogens (tertiary/aromatic N) is 2. The van der Waals surface area contributed by atoms with Gasteiger partial charge in [0.25, 0.3) is 0 Å². The van der Waals surface area contributed by atoms with Crippen molar-refractivity contribution in [1.29, 1.82) is 0 Å². The number of nitrogens with two attached hydrogens (primary N) is 1. The molecule has 0 saturated heterocycles. The summed E-state index contributed by atoms with van der Waals surface area (Å²) >= 11 is 0. The summed E-state index contributed by atoms with van der Waals surface area (Å²) in [6.07, 6.45) is 8.92. The number of fused-ring (bicyclic) bond motifs is 1. The second-order valence-corrected chi connectivity index (χ2v) is 4.33. The average molecular weight is 204 g/mol. The smallest absolute Gasteiger partial charge is 0.128 e. The first-order valence-electron chi connectivity index (χ1n) is 5.61. The van der Waals surface area contributed by atoms with Crippen LogP contribution < -0.4 is 11.1 Å². The largest absolute Gasteiger partial charge is 0.332 e. The van der Waals surface area contributed by atoms with Gasteiger partial charge in [-0.25, -0.2) is 0 Å². The molecule has 1 aromatic heterocycles. The molecule has 3 N–H and O–H groups in total. The van der Waals surface area contributed by atoms with E-state index in [1.54, 1.807) is 6.34 Å². The van der Waals surface area contributed by atoms with Gasteiger partial charge in [0.2, 0.25) is 0 Å². The molecule has 0 bridgehead atoms. The van der Waals surface area contributed by atoms with E-state index < -0.39 is 0 Å². The van der Waals surface area contributed by atoms with Crippen molar-refractivity contribution >= 4 is 12.2 Å². The minimum absolute atomic E-state index is 0.191. The highest BCUT2D eigenvalue weighted by molar-refractivity contribution is 5.78. The lowest BCUT2D eigenvalue weighted by Gasteiger charge is -2.20. The van der Waals surface area contributed by atoms with Crippen LogP contribution in [0.2, 0.25) is 0 Å². The Morgan fingerprint density at radius 1 is 1.40 bits per heavy atom. The summed E-state index contributed by atoms with van der Waals surface area (Å²) in [6, 6.07) is 2.74. The van der Waals surface area contributed by atoms with Crippen molar-refractivity contribution in [2.45, 2.75) is 37.9 Å². The van der Waals surface area contributed by atoms with Crippen molar-refractivity contribution in [2.75, 3.05) is 5.32 Å². The Morgan fingerprint density at radius 2 is 2.20 bits per heavy atom. The lowest BCUT2D eigenvalue weighted by Crippen LogP contribution is -2.18. The Kier molecular flexibility index (Phi) is 2.02. The van der Waals surface area contributed by atoms with E-state index in [0.29, 0.717) is 6.04 Å². The van der Waals surface area contributed by atoms with Crippen LogP contribution in [0.15, 0.2) is 17.3 Å². The molecular weight excluding hydrogens is 188 g/mol. The minimum Gasteiger partial charge on any atom is -0.332 e. The van der Waals surface area contributed by atoms with E-state index in [4.69, 9.17) is 5.73 Å². The van der Waals surface area contributed by atoms with E-state index in [1.165, 1.54) is 25.7 Å². The molecule has 80 valence electrons. The van der Waals surface area contributed by atoms with Crippen LogP contribution in [0.5, 0.6) is 0 Å². The normalized spacial score (nSPS) is 25.3. The van der Waals surface area contributed by atoms with Crippen LogP contribution in [-0.2, 0) is 0 Å². The highest BCUT2D eigenvalue weighted by atomic mass is 15.2. The van der Waals surface area contributed by atoms with Crippen molar-refractivity contribution < 1.29 is 0 Å². The second kappa shape index (κ2) is 3.38. The van der Waals surface area contributed by atoms with Crippen LogP contribution in [0.25, 0.3) is 0 Å². The maximum absolute atomic E-state index is 5.91. The Morgan fingerprint density at radius 3 is 3.00 bits per heavy atom. The molecule has 0 spiro atoms. The van der Waals surface area contributed by atoms with Crippen LogP contribution in [0.1, 0.15) is 43.5 Å². The molecule has 0 amide bonds. The quantitative estimate of drug-likeness (QED) is 0.735. The lowest BCUT2D eigenvalue weighted by molar-refractivity contribution is 0.525. The van der Waals surface area contributed by atoms with Crippen LogP contribution in [0.3, 0.4) is 0 Å². The number of hydrogen-bond acceptors (Lipinski definition) is 3. The predicted molar refractivity (Wildman–Crippen MR) is 61.0 cm³/mol. The zero-order valence-electron chi connectivity index (χ0n) is 8.69. The molecule has 1 aliphatic heterocycles. The molecule has 1 fully saturated rings. The topological polar surface area (TPSA) is 55.3 Å². The molecule has 0 aromatic carbocycles. The summed E-state index contributed by atoms with van der Waals surface area (Å²) in [5.74, 6) is 1.14. The van der Waals surface area contributed by atoms with E-state index in [-0.39, 0.29) is 6.17 Å². The Balaban J connectivity index is 1.97. The number of nitrogens with one attached hydrogen (secondary N) is 1. The van der Waals surface area contributed by atoms with Crippen LogP contribution >= 0.6 is 0 Å². The third-order valence-corrected chi connectivity index (χ3v) is 3.42. The van der Waals surface area contributed by atoms with Gasteiger partial charge in [-0.2, -0.15) is 0 Å². The summed E-state index contributed by atoms with van der Waals surface area (Å²) in [4.78, 5) is 4.14. The first-order chi connectivity index (χ1) is 7.36. The molecule has 3 rings (SSSR count). The Bertz CT molecular complexity index is 387. The molecule has 0 radical (unpaired) electrons. The van der Waals surface area contributed by atoms with Crippen LogP contribution in [-0.4, -0.2) is 10.9 Å². The van der Waals surface area contributed by atoms with E-state index in [9.17, 15) is 0 Å². The van der Waals surface area contributed by atoms with Crippen molar-refractivity contribution in [1.82, 2.24) is 4.57 Å². The molecule has 1 aliphatic carbocycles. The zero-order chi connectivity index (χ0) is 10.3. The van der Waals surface area contributed by atoms with Crippen molar-refractivity contribution in [2.24, 2.45) is 10.7 Å². The second-order valence-electron chi connectivity index (χ2n) is 4.33. The van der Waals surface area contributed by atoms with Gasteiger partial charge in [-0.1, -0.05) is 12.8 Å². The van der Waals surface area contributed by atoms with Gasteiger partial charge >= 0.3 is 0 Å². The third-order valence-electron chi connectivity index (χ3n) is 3.42. The highest BCUT2D eigenvalue weighted by Gasteiger charge is 2.23. The van der Waals surface area contributed by atoms with Gasteiger partial charge in [0.1, 0.15) is 12.0 Å². The Hall–Kier alpha value is -1.29. The van der Waals surface area contributed by atoms with E-state index in [1.807, 2.05) is 0 Å². The first kappa shape index (κ1) is 8.97. The van der Waals surface area contributed by atoms with Gasteiger partial charge in [-0.15, -0.1) is 0 Å². The summed E-state index contributed by atoms with van der Waals surface area (Å²) in [7, 11) is 0. The van der Waals surface area contributed by atoms with Crippen LogP contribution in [0, 0.1) is 0 Å². The maximum Gasteiger partial charge on any atom is 0.128 e. The molecule has 1 atom stereocenters. The van der Waals surface area contributed by atoms with Gasteiger partial charge < -0.3 is 15.6 Å². The van der Waals surface area contributed by atoms with Crippen LogP contribution in [0.4, 0.5) is 5.82 Å². The van der Waals surface area contributed by atoms with E-state index in [2.05, 4.69) is 27.1 Å². The van der Waals surface area contributed by atoms with E-state index >= 15 is 0 Å². The summed E-state index contributed by atoms with van der Waals surface area (Å²) in [6.45, 7) is 0. The molecule has 1 aromatic rings. The molecule has 1 unspecified atom stereocenters. The van der Waals surface area contributed by atoms with Crippen molar-refractivity contribution in [3.05, 3.63) is 17.8 Å². The fourth-order valence-electron chi connectivity index (χ4n) is 2.61. The number of aromatic nitrogens is 1. The summed E-state index contributed by atoms with van der Waals surface area (Å²) < 4.78 is 2.33. The SMILES string of the molecule is NC1N=CNc2c1ccn2C1CCCC1. The third kappa shape index (κ3) is 1.36. The van der Waals surface area contributed by atoms with Gasteiger partial charge in [0.05, 0.1) is 6.34 Å². The lowest BCUT2D eigenvalue weighted by atomic mass is 10.2. The Labute approximate surface area is 89.2 Å². The predicted octanol–water partition coefficient (Wildman–Crippen LogP) is 2.01. The fraction of sp³-hybridized carbons (Fsp3) is 0.545. The highest BCUT2D eigenvalue weighted by Crippen LogP contribution is 2.36. The zero-order valence-corrected chi connectivity index (χ0v) is 8.69. The molecule has 2 aliphatic rings. The molecule has 15 heavy (non-hydrogen) atoms. The van der Waals surface area contributed by atoms with Gasteiger partial charge in [-0.05, 0) is 18.9 Å². The molecule has 4 heteroatoms. The molecule has 1 saturated carbocycles. The summed E-state index contributed by atoms with van der Waals surface area (Å²) in [5.41, 5.74) is 7.02. The van der Waals surface area contributed by atoms with Gasteiger partial charge in [0, 0.05) is 17.8 Å². The number of hydrogen-bond donors (Lipinski definition) is 2. The van der Waals surface area contributed by atoms with Crippen molar-refractivity contribution in [3.8, 4) is 0 Å². The van der Waals surface area contributed by atoms with Gasteiger partial charge in [-0.3, -0.25) is 4.99 Å². The summed E-state index contributed by atoms with van der Waals surface area (Å²) in [5, 5.41) is 3.21. The standard InChI is InChI=1S/C11H16N4/c12-10-9-5-6-15(8-3-1-2-4-8)11(9)14-7-13-10/h5-8,10H,1-4,12H2,(H,13,14). The first-order valence-corrected chi connectivity index (χ1v) is 5.61. The molecule has 4 nitrogen and oxygen atoms in total. The monoisotopic (exact) mass is 204 g/mol. The fourth-order valence-corrected chi connectivity index (χ4v) is 2.61. The maximum atomic E-state index is 5.91. The van der Waals surface area contributed by atoms with Gasteiger partial charge in [0.15, 0.2) is 0 Å². The number of rotatable bonds is 1.